The van der Waals surface area contributed by atoms with E-state index in [2.05, 4.69) is 0 Å². The van der Waals surface area contributed by atoms with E-state index in [1.807, 2.05) is 19.1 Å². The Morgan fingerprint density at radius 1 is 1.33 bits per heavy atom. The minimum Gasteiger partial charge on any atom is -0.494 e. The van der Waals surface area contributed by atoms with E-state index in [-0.39, 0.29) is 24.0 Å². The third-order valence-electron chi connectivity index (χ3n) is 3.26. The van der Waals surface area contributed by atoms with Crippen molar-refractivity contribution in [2.24, 2.45) is 5.92 Å². The maximum Gasteiger partial charge on any atom is 0.232 e. The van der Waals surface area contributed by atoms with E-state index in [1.165, 1.54) is 0 Å². The summed E-state index contributed by atoms with van der Waals surface area (Å²) in [6.45, 7) is 3.06. The van der Waals surface area contributed by atoms with Crippen LogP contribution in [0.25, 0.3) is 0 Å². The third-order valence-corrected chi connectivity index (χ3v) is 4.51. The van der Waals surface area contributed by atoms with Crippen molar-refractivity contribution in [3.63, 3.8) is 0 Å². The van der Waals surface area contributed by atoms with Gasteiger partial charge in [-0.3, -0.25) is 4.79 Å². The summed E-state index contributed by atoms with van der Waals surface area (Å²) in [6.07, 6.45) is 1.14. The molecule has 0 radical (unpaired) electrons. The molecular weight excluding hydrogens is 314 g/mol. The van der Waals surface area contributed by atoms with Crippen molar-refractivity contribution < 1.29 is 17.9 Å². The molecule has 1 fully saturated rings. The smallest absolute Gasteiger partial charge is 0.232 e. The lowest BCUT2D eigenvalue weighted by atomic mass is 10.1. The van der Waals surface area contributed by atoms with Crippen LogP contribution >= 0.6 is 10.7 Å². The lowest BCUT2D eigenvalue weighted by Crippen LogP contribution is -2.25. The highest BCUT2D eigenvalue weighted by atomic mass is 35.7. The molecule has 0 bridgehead atoms. The molecule has 21 heavy (non-hydrogen) atoms. The number of anilines is 1. The molecule has 0 saturated carbocycles. The number of hydrogen-bond donors (Lipinski definition) is 0. The molecule has 1 aliphatic heterocycles. The normalized spacial score (nSPS) is 19.0. The number of carbonyl (C=O) groups excluding carboxylic acids is 1. The first-order chi connectivity index (χ1) is 9.89. The molecule has 1 saturated heterocycles. The molecule has 0 aliphatic carbocycles. The lowest BCUT2D eigenvalue weighted by molar-refractivity contribution is -0.117. The maximum absolute atomic E-state index is 12.0. The monoisotopic (exact) mass is 331 g/mol. The second-order valence-electron chi connectivity index (χ2n) is 5.12. The van der Waals surface area contributed by atoms with E-state index in [0.29, 0.717) is 13.2 Å². The summed E-state index contributed by atoms with van der Waals surface area (Å²) in [5, 5.41) is 0. The zero-order chi connectivity index (χ0) is 15.5. The Bertz CT molecular complexity index is 600. The van der Waals surface area contributed by atoms with Gasteiger partial charge in [-0.1, -0.05) is 6.92 Å². The van der Waals surface area contributed by atoms with Crippen molar-refractivity contribution in [2.45, 2.75) is 19.8 Å². The largest absolute Gasteiger partial charge is 0.494 e. The summed E-state index contributed by atoms with van der Waals surface area (Å²) < 4.78 is 27.7. The van der Waals surface area contributed by atoms with Gasteiger partial charge in [0.2, 0.25) is 15.0 Å². The van der Waals surface area contributed by atoms with Crippen molar-refractivity contribution in [1.29, 1.82) is 0 Å². The number of halogens is 1. The Hall–Kier alpha value is -1.27. The fraction of sp³-hybridized carbons (Fsp3) is 0.500. The van der Waals surface area contributed by atoms with Gasteiger partial charge in [0.1, 0.15) is 5.75 Å². The van der Waals surface area contributed by atoms with Gasteiger partial charge in [-0.05, 0) is 30.7 Å². The summed E-state index contributed by atoms with van der Waals surface area (Å²) in [5.74, 6) is 0.250. The predicted octanol–water partition coefficient (Wildman–Crippen LogP) is 2.40. The van der Waals surface area contributed by atoms with E-state index in [9.17, 15) is 13.2 Å². The molecule has 1 heterocycles. The summed E-state index contributed by atoms with van der Waals surface area (Å²) in [4.78, 5) is 13.6. The van der Waals surface area contributed by atoms with Crippen LogP contribution in [0, 0.1) is 5.92 Å². The molecule has 1 aromatic carbocycles. The summed E-state index contributed by atoms with van der Waals surface area (Å²) in [7, 11) is 1.67. The van der Waals surface area contributed by atoms with Gasteiger partial charge >= 0.3 is 0 Å². The average molecular weight is 332 g/mol. The van der Waals surface area contributed by atoms with Crippen LogP contribution in [-0.2, 0) is 13.8 Å². The maximum atomic E-state index is 12.0. The van der Waals surface area contributed by atoms with Gasteiger partial charge in [0.25, 0.3) is 0 Å². The van der Waals surface area contributed by atoms with Gasteiger partial charge < -0.3 is 9.64 Å². The van der Waals surface area contributed by atoms with Crippen molar-refractivity contribution in [3.8, 4) is 5.75 Å². The summed E-state index contributed by atoms with van der Waals surface area (Å²) >= 11 is 0. The van der Waals surface area contributed by atoms with E-state index in [1.54, 1.807) is 17.0 Å². The zero-order valence-electron chi connectivity index (χ0n) is 11.8. The second kappa shape index (κ2) is 6.66. The summed E-state index contributed by atoms with van der Waals surface area (Å²) in [6, 6.07) is 7.23. The Morgan fingerprint density at radius 2 is 2.00 bits per heavy atom. The molecular formula is C14H18ClNO4S. The van der Waals surface area contributed by atoms with Crippen LogP contribution in [0.5, 0.6) is 5.75 Å². The number of nitrogens with zero attached hydrogens (tertiary/aromatic N) is 1. The van der Waals surface area contributed by atoms with E-state index >= 15 is 0 Å². The first-order valence-corrected chi connectivity index (χ1v) is 9.32. The number of carbonyl (C=O) groups is 1. The van der Waals surface area contributed by atoms with Crippen LogP contribution in [0.1, 0.15) is 19.8 Å². The van der Waals surface area contributed by atoms with Gasteiger partial charge in [0, 0.05) is 35.3 Å². The SMILES string of the molecule is CCCOc1ccc(N2CC(CS(=O)(=O)Cl)CC2=O)cc1. The van der Waals surface area contributed by atoms with Gasteiger partial charge in [-0.25, -0.2) is 8.42 Å². The number of ether oxygens (including phenoxy) is 1. The van der Waals surface area contributed by atoms with Crippen LogP contribution in [0.3, 0.4) is 0 Å². The van der Waals surface area contributed by atoms with Crippen LogP contribution in [0.4, 0.5) is 5.69 Å². The Morgan fingerprint density at radius 3 is 2.57 bits per heavy atom. The fourth-order valence-corrected chi connectivity index (χ4v) is 3.69. The predicted molar refractivity (Wildman–Crippen MR) is 82.3 cm³/mol. The quantitative estimate of drug-likeness (QED) is 0.751. The fourth-order valence-electron chi connectivity index (χ4n) is 2.37. The van der Waals surface area contributed by atoms with Crippen LogP contribution in [0.2, 0.25) is 0 Å². The van der Waals surface area contributed by atoms with E-state index < -0.39 is 9.05 Å². The third kappa shape index (κ3) is 4.61. The zero-order valence-corrected chi connectivity index (χ0v) is 13.4. The molecule has 1 amide bonds. The topological polar surface area (TPSA) is 63.7 Å². The van der Waals surface area contributed by atoms with Gasteiger partial charge in [-0.15, -0.1) is 0 Å². The van der Waals surface area contributed by atoms with Crippen molar-refractivity contribution in [2.75, 3.05) is 23.8 Å². The molecule has 0 aromatic heterocycles. The highest BCUT2D eigenvalue weighted by Gasteiger charge is 2.33. The second-order valence-corrected chi connectivity index (χ2v) is 7.94. The van der Waals surface area contributed by atoms with Crippen molar-refractivity contribution in [3.05, 3.63) is 24.3 Å². The van der Waals surface area contributed by atoms with Crippen molar-refractivity contribution in [1.82, 2.24) is 0 Å². The first kappa shape index (κ1) is 16.1. The minimum absolute atomic E-state index is 0.0810. The Balaban J connectivity index is 2.03. The Kier molecular flexibility index (Phi) is 5.11. The average Bonchev–Trinajstić information content (AvgIpc) is 2.75. The number of rotatable bonds is 6. The highest BCUT2D eigenvalue weighted by Crippen LogP contribution is 2.28. The molecule has 5 nitrogen and oxygen atoms in total. The summed E-state index contributed by atoms with van der Waals surface area (Å²) in [5.41, 5.74) is 0.748. The number of amides is 1. The molecule has 7 heteroatoms. The number of benzene rings is 1. The molecule has 1 aliphatic rings. The minimum atomic E-state index is -3.58. The standard InChI is InChI=1S/C14H18ClNO4S/c1-2-7-20-13-5-3-12(4-6-13)16-9-11(8-14(16)17)10-21(15,18)19/h3-6,11H,2,7-10H2,1H3. The van der Waals surface area contributed by atoms with E-state index in [0.717, 1.165) is 17.9 Å². The van der Waals surface area contributed by atoms with E-state index in [4.69, 9.17) is 15.4 Å². The van der Waals surface area contributed by atoms with Gasteiger partial charge in [0.15, 0.2) is 0 Å². The first-order valence-electron chi connectivity index (χ1n) is 6.84. The van der Waals surface area contributed by atoms with Crippen molar-refractivity contribution >= 4 is 31.3 Å². The van der Waals surface area contributed by atoms with Gasteiger partial charge in [-0.2, -0.15) is 0 Å². The van der Waals surface area contributed by atoms with Gasteiger partial charge in [0.05, 0.1) is 12.4 Å². The molecule has 1 aromatic rings. The molecule has 0 spiro atoms. The molecule has 2 rings (SSSR count). The van der Waals surface area contributed by atoms with Crippen LogP contribution < -0.4 is 9.64 Å². The van der Waals surface area contributed by atoms with Crippen LogP contribution in [-0.4, -0.2) is 33.2 Å². The molecule has 1 atom stereocenters. The molecule has 116 valence electrons. The molecule has 1 unspecified atom stereocenters. The highest BCUT2D eigenvalue weighted by molar-refractivity contribution is 8.13. The molecule has 0 N–H and O–H groups in total. The Labute approximate surface area is 129 Å². The lowest BCUT2D eigenvalue weighted by Gasteiger charge is -2.17. The number of hydrogen-bond acceptors (Lipinski definition) is 4. The van der Waals surface area contributed by atoms with Crippen LogP contribution in [0.15, 0.2) is 24.3 Å².